The third-order valence-electron chi connectivity index (χ3n) is 2.60. The van der Waals surface area contributed by atoms with Crippen molar-refractivity contribution in [1.29, 1.82) is 0 Å². The number of rotatable bonds is 6. The molecule has 0 unspecified atom stereocenters. The summed E-state index contributed by atoms with van der Waals surface area (Å²) in [5.41, 5.74) is 8.67. The van der Waals surface area contributed by atoms with Crippen molar-refractivity contribution < 1.29 is 4.79 Å². The summed E-state index contributed by atoms with van der Waals surface area (Å²) in [4.78, 5) is 21.2. The lowest BCUT2D eigenvalue weighted by atomic mass is 10.0. The number of nitrogen functional groups attached to an aromatic ring is 1. The lowest BCUT2D eigenvalue weighted by molar-refractivity contribution is -0.116. The molecule has 1 aromatic heterocycles. The molecular formula is C11H20N6O. The Hall–Kier alpha value is -1.89. The number of nitrogens with one attached hydrogen (secondary N) is 1. The Balaban J connectivity index is 3.24. The molecule has 7 nitrogen and oxygen atoms in total. The number of primary amides is 1. The van der Waals surface area contributed by atoms with Crippen molar-refractivity contribution in [2.24, 2.45) is 11.6 Å². The zero-order valence-electron chi connectivity index (χ0n) is 11.0. The standard InChI is InChI=1S/C11H20N6O/c1-4-17(5-8(12)18)11-9(7(2)3)10(16-13)14-6-15-11/h6-7H,4-5,13H2,1-3H3,(H2,12,18)(H,14,15,16). The number of amides is 1. The molecule has 0 atom stereocenters. The molecular weight excluding hydrogens is 232 g/mol. The van der Waals surface area contributed by atoms with Crippen LogP contribution in [0.3, 0.4) is 0 Å². The Morgan fingerprint density at radius 1 is 1.50 bits per heavy atom. The monoisotopic (exact) mass is 252 g/mol. The van der Waals surface area contributed by atoms with E-state index in [1.54, 1.807) is 4.90 Å². The van der Waals surface area contributed by atoms with Crippen molar-refractivity contribution in [1.82, 2.24) is 9.97 Å². The number of hydrogen-bond acceptors (Lipinski definition) is 6. The van der Waals surface area contributed by atoms with Crippen LogP contribution in [0.4, 0.5) is 11.6 Å². The quantitative estimate of drug-likeness (QED) is 0.492. The molecule has 0 saturated carbocycles. The van der Waals surface area contributed by atoms with Gasteiger partial charge in [-0.1, -0.05) is 13.8 Å². The molecule has 0 aliphatic carbocycles. The molecule has 1 heterocycles. The first kappa shape index (κ1) is 14.2. The number of anilines is 2. The molecule has 0 bridgehead atoms. The van der Waals surface area contributed by atoms with Gasteiger partial charge in [-0.15, -0.1) is 0 Å². The van der Waals surface area contributed by atoms with Gasteiger partial charge in [-0.3, -0.25) is 4.79 Å². The van der Waals surface area contributed by atoms with E-state index in [0.717, 1.165) is 5.56 Å². The maximum atomic E-state index is 11.1. The molecule has 1 aromatic rings. The molecule has 7 heteroatoms. The van der Waals surface area contributed by atoms with Crippen LogP contribution in [0.2, 0.25) is 0 Å². The minimum atomic E-state index is -0.396. The maximum Gasteiger partial charge on any atom is 0.236 e. The van der Waals surface area contributed by atoms with Gasteiger partial charge in [0, 0.05) is 12.1 Å². The van der Waals surface area contributed by atoms with Crippen LogP contribution in [0, 0.1) is 0 Å². The number of nitrogens with two attached hydrogens (primary N) is 2. The van der Waals surface area contributed by atoms with Gasteiger partial charge in [-0.25, -0.2) is 15.8 Å². The molecule has 0 saturated heterocycles. The third kappa shape index (κ3) is 3.07. The largest absolute Gasteiger partial charge is 0.368 e. The number of nitrogens with zero attached hydrogens (tertiary/aromatic N) is 3. The van der Waals surface area contributed by atoms with E-state index >= 15 is 0 Å². The van der Waals surface area contributed by atoms with Gasteiger partial charge >= 0.3 is 0 Å². The van der Waals surface area contributed by atoms with E-state index in [9.17, 15) is 4.79 Å². The molecule has 0 aromatic carbocycles. The van der Waals surface area contributed by atoms with Crippen molar-refractivity contribution in [2.75, 3.05) is 23.4 Å². The van der Waals surface area contributed by atoms with E-state index in [1.165, 1.54) is 6.33 Å². The predicted molar refractivity (Wildman–Crippen MR) is 71.0 cm³/mol. The van der Waals surface area contributed by atoms with Crippen LogP contribution < -0.4 is 21.9 Å². The Kier molecular flexibility index (Phi) is 4.85. The predicted octanol–water partition coefficient (Wildman–Crippen LogP) is 0.197. The summed E-state index contributed by atoms with van der Waals surface area (Å²) in [5.74, 6) is 6.49. The highest BCUT2D eigenvalue weighted by molar-refractivity contribution is 5.79. The SMILES string of the molecule is CCN(CC(N)=O)c1ncnc(NN)c1C(C)C. The van der Waals surface area contributed by atoms with Gasteiger partial charge in [-0.2, -0.15) is 0 Å². The summed E-state index contributed by atoms with van der Waals surface area (Å²) in [5, 5.41) is 0. The fraction of sp³-hybridized carbons (Fsp3) is 0.545. The van der Waals surface area contributed by atoms with Crippen molar-refractivity contribution in [3.8, 4) is 0 Å². The Morgan fingerprint density at radius 2 is 2.17 bits per heavy atom. The second-order valence-corrected chi connectivity index (χ2v) is 4.24. The number of aromatic nitrogens is 2. The van der Waals surface area contributed by atoms with E-state index in [-0.39, 0.29) is 12.5 Å². The van der Waals surface area contributed by atoms with Gasteiger partial charge in [0.1, 0.15) is 18.0 Å². The molecule has 0 aliphatic heterocycles. The Labute approximate surface area is 107 Å². The first-order valence-corrected chi connectivity index (χ1v) is 5.86. The smallest absolute Gasteiger partial charge is 0.236 e. The van der Waals surface area contributed by atoms with Gasteiger partial charge < -0.3 is 16.1 Å². The molecule has 0 spiro atoms. The molecule has 0 radical (unpaired) electrons. The zero-order chi connectivity index (χ0) is 13.7. The van der Waals surface area contributed by atoms with Gasteiger partial charge in [0.25, 0.3) is 0 Å². The van der Waals surface area contributed by atoms with Crippen molar-refractivity contribution >= 4 is 17.5 Å². The van der Waals surface area contributed by atoms with Gasteiger partial charge in [0.05, 0.1) is 6.54 Å². The van der Waals surface area contributed by atoms with Crippen LogP contribution in [-0.4, -0.2) is 29.0 Å². The first-order valence-electron chi connectivity index (χ1n) is 5.86. The summed E-state index contributed by atoms with van der Waals surface area (Å²) in [6.45, 7) is 6.72. The van der Waals surface area contributed by atoms with Crippen molar-refractivity contribution in [2.45, 2.75) is 26.7 Å². The molecule has 1 amide bonds. The summed E-state index contributed by atoms with van der Waals surface area (Å²) in [6, 6.07) is 0. The first-order chi connectivity index (χ1) is 8.51. The normalized spacial score (nSPS) is 10.5. The minimum Gasteiger partial charge on any atom is -0.368 e. The number of hydrazine groups is 1. The number of hydrogen-bond donors (Lipinski definition) is 3. The van der Waals surface area contributed by atoms with E-state index in [2.05, 4.69) is 15.4 Å². The molecule has 0 fully saturated rings. The molecule has 18 heavy (non-hydrogen) atoms. The maximum absolute atomic E-state index is 11.1. The summed E-state index contributed by atoms with van der Waals surface area (Å²) >= 11 is 0. The van der Waals surface area contributed by atoms with Crippen LogP contribution in [0.1, 0.15) is 32.3 Å². The van der Waals surface area contributed by atoms with Gasteiger partial charge in [0.15, 0.2) is 0 Å². The second kappa shape index (κ2) is 6.15. The minimum absolute atomic E-state index is 0.122. The third-order valence-corrected chi connectivity index (χ3v) is 2.60. The topological polar surface area (TPSA) is 110 Å². The lowest BCUT2D eigenvalue weighted by Crippen LogP contribution is -2.35. The number of carbonyl (C=O) groups is 1. The van der Waals surface area contributed by atoms with Crippen LogP contribution >= 0.6 is 0 Å². The highest BCUT2D eigenvalue weighted by Gasteiger charge is 2.19. The van der Waals surface area contributed by atoms with Gasteiger partial charge in [0.2, 0.25) is 5.91 Å². The summed E-state index contributed by atoms with van der Waals surface area (Å²) < 4.78 is 0. The Bertz CT molecular complexity index is 420. The highest BCUT2D eigenvalue weighted by atomic mass is 16.1. The average molecular weight is 252 g/mol. The van der Waals surface area contributed by atoms with Crippen LogP contribution in [0.5, 0.6) is 0 Å². The van der Waals surface area contributed by atoms with Crippen molar-refractivity contribution in [3.63, 3.8) is 0 Å². The van der Waals surface area contributed by atoms with Crippen LogP contribution in [-0.2, 0) is 4.79 Å². The Morgan fingerprint density at radius 3 is 2.61 bits per heavy atom. The molecule has 1 rings (SSSR count). The second-order valence-electron chi connectivity index (χ2n) is 4.24. The zero-order valence-corrected chi connectivity index (χ0v) is 11.0. The van der Waals surface area contributed by atoms with E-state index in [1.807, 2.05) is 20.8 Å². The van der Waals surface area contributed by atoms with E-state index in [0.29, 0.717) is 18.2 Å². The number of likely N-dealkylation sites (N-methyl/N-ethyl adjacent to an activating group) is 1. The fourth-order valence-corrected chi connectivity index (χ4v) is 1.81. The number of carbonyl (C=O) groups excluding carboxylic acids is 1. The molecule has 5 N–H and O–H groups in total. The van der Waals surface area contributed by atoms with Crippen LogP contribution in [0.25, 0.3) is 0 Å². The average Bonchev–Trinajstić information content (AvgIpc) is 2.34. The summed E-state index contributed by atoms with van der Waals surface area (Å²) in [6.07, 6.45) is 1.42. The van der Waals surface area contributed by atoms with Crippen molar-refractivity contribution in [3.05, 3.63) is 11.9 Å². The fourth-order valence-electron chi connectivity index (χ4n) is 1.81. The molecule has 0 aliphatic rings. The van der Waals surface area contributed by atoms with E-state index in [4.69, 9.17) is 11.6 Å². The molecule has 100 valence electrons. The summed E-state index contributed by atoms with van der Waals surface area (Å²) in [7, 11) is 0. The van der Waals surface area contributed by atoms with E-state index < -0.39 is 5.91 Å². The van der Waals surface area contributed by atoms with Gasteiger partial charge in [-0.05, 0) is 12.8 Å². The lowest BCUT2D eigenvalue weighted by Gasteiger charge is -2.25. The van der Waals surface area contributed by atoms with Crippen LogP contribution in [0.15, 0.2) is 6.33 Å². The highest BCUT2D eigenvalue weighted by Crippen LogP contribution is 2.29.